The van der Waals surface area contributed by atoms with Gasteiger partial charge in [0.05, 0.1) is 0 Å². The molecule has 41 heavy (non-hydrogen) atoms. The highest BCUT2D eigenvalue weighted by molar-refractivity contribution is 9.10. The van der Waals surface area contributed by atoms with Crippen molar-refractivity contribution in [3.05, 3.63) is 113 Å². The van der Waals surface area contributed by atoms with E-state index >= 15 is 0 Å². The minimum Gasteiger partial charge on any atom is -0.208 e. The first-order valence-electron chi connectivity index (χ1n) is 14.9. The molecule has 3 unspecified atom stereocenters. The van der Waals surface area contributed by atoms with Crippen molar-refractivity contribution in [2.75, 3.05) is 0 Å². The van der Waals surface area contributed by atoms with Crippen LogP contribution in [0.4, 0.5) is 0 Å². The van der Waals surface area contributed by atoms with E-state index in [9.17, 15) is 0 Å². The molecular formula is C37H30BrN3. The predicted molar refractivity (Wildman–Crippen MR) is 167 cm³/mol. The molecule has 5 aliphatic rings. The fraction of sp³-hybridized carbons (Fsp3) is 0.270. The summed E-state index contributed by atoms with van der Waals surface area (Å²) < 4.78 is 1.06. The molecule has 0 amide bonds. The molecule has 5 fully saturated rings. The van der Waals surface area contributed by atoms with E-state index in [-0.39, 0.29) is 0 Å². The third kappa shape index (κ3) is 3.59. The van der Waals surface area contributed by atoms with Crippen LogP contribution in [0.5, 0.6) is 0 Å². The Morgan fingerprint density at radius 2 is 1.22 bits per heavy atom. The summed E-state index contributed by atoms with van der Waals surface area (Å²) in [6.07, 6.45) is 7.26. The van der Waals surface area contributed by atoms with Crippen molar-refractivity contribution in [1.82, 2.24) is 15.0 Å². The van der Waals surface area contributed by atoms with Crippen LogP contribution >= 0.6 is 15.9 Å². The van der Waals surface area contributed by atoms with Crippen molar-refractivity contribution in [2.45, 2.75) is 37.5 Å². The molecule has 0 aliphatic heterocycles. The van der Waals surface area contributed by atoms with Gasteiger partial charge in [0.2, 0.25) is 0 Å². The quantitative estimate of drug-likeness (QED) is 0.203. The van der Waals surface area contributed by atoms with E-state index < -0.39 is 0 Å². The maximum absolute atomic E-state index is 5.04. The number of fused-ring (bicyclic) bond motifs is 1. The number of hydrogen-bond donors (Lipinski definition) is 0. The summed E-state index contributed by atoms with van der Waals surface area (Å²) in [4.78, 5) is 15.0. The van der Waals surface area contributed by atoms with Gasteiger partial charge in [-0.05, 0) is 95.6 Å². The molecule has 0 N–H and O–H groups in total. The molecule has 3 nitrogen and oxygen atoms in total. The van der Waals surface area contributed by atoms with Gasteiger partial charge in [-0.3, -0.25) is 0 Å². The van der Waals surface area contributed by atoms with E-state index in [4.69, 9.17) is 15.0 Å². The number of halogens is 1. The highest BCUT2D eigenvalue weighted by Crippen LogP contribution is 2.83. The molecule has 5 aliphatic carbocycles. The average molecular weight is 597 g/mol. The molecule has 5 saturated carbocycles. The van der Waals surface area contributed by atoms with Crippen LogP contribution in [0.2, 0.25) is 0 Å². The number of aromatic nitrogens is 3. The van der Waals surface area contributed by atoms with Crippen molar-refractivity contribution >= 4 is 15.9 Å². The Labute approximate surface area is 249 Å². The first-order chi connectivity index (χ1) is 20.1. The molecule has 4 aromatic carbocycles. The van der Waals surface area contributed by atoms with Crippen LogP contribution in [-0.2, 0) is 5.41 Å². The standard InChI is InChI=1S/C37H30BrN3/c38-31-11-5-9-26(18-31)25-8-4-10-27(16-25)35-40-33(23-6-2-1-3-7-23)39-34(41-35)24-12-14-29(15-13-24)36-20-30-17-28-19-37(30,22-36)32(28)21-36/h1-16,18,28,30,32H,17,19-22H2/t28?,30-,32?,36?,37+/m0/s1. The van der Waals surface area contributed by atoms with Crippen LogP contribution in [0, 0.1) is 23.2 Å². The van der Waals surface area contributed by atoms with Gasteiger partial charge in [-0.2, -0.15) is 0 Å². The molecule has 10 rings (SSSR count). The van der Waals surface area contributed by atoms with E-state index in [2.05, 4.69) is 94.8 Å². The van der Waals surface area contributed by atoms with Gasteiger partial charge in [-0.25, -0.2) is 15.0 Å². The normalized spacial score (nSPS) is 28.6. The summed E-state index contributed by atoms with van der Waals surface area (Å²) in [5.74, 6) is 5.14. The molecule has 0 radical (unpaired) electrons. The van der Waals surface area contributed by atoms with Gasteiger partial charge in [-0.1, -0.05) is 101 Å². The van der Waals surface area contributed by atoms with Crippen LogP contribution in [0.1, 0.15) is 37.7 Å². The zero-order valence-corrected chi connectivity index (χ0v) is 24.4. The summed E-state index contributed by atoms with van der Waals surface area (Å²) in [5.41, 5.74) is 7.97. The smallest absolute Gasteiger partial charge is 0.164 e. The lowest BCUT2D eigenvalue weighted by Crippen LogP contribution is -2.38. The molecule has 5 atom stereocenters. The highest BCUT2D eigenvalue weighted by Gasteiger charge is 2.76. The highest BCUT2D eigenvalue weighted by atomic mass is 79.9. The van der Waals surface area contributed by atoms with E-state index in [0.29, 0.717) is 22.5 Å². The van der Waals surface area contributed by atoms with Crippen LogP contribution < -0.4 is 0 Å². The zero-order chi connectivity index (χ0) is 27.2. The van der Waals surface area contributed by atoms with Crippen LogP contribution in [-0.4, -0.2) is 15.0 Å². The third-order valence-electron chi connectivity index (χ3n) is 11.0. The molecule has 5 aromatic rings. The van der Waals surface area contributed by atoms with E-state index in [1.807, 2.05) is 24.3 Å². The first-order valence-corrected chi connectivity index (χ1v) is 15.7. The molecule has 1 heterocycles. The van der Waals surface area contributed by atoms with Gasteiger partial charge in [-0.15, -0.1) is 0 Å². The van der Waals surface area contributed by atoms with E-state index in [1.54, 1.807) is 0 Å². The second kappa shape index (κ2) is 8.69. The Bertz CT molecular complexity index is 1800. The lowest BCUT2D eigenvalue weighted by atomic mass is 9.59. The SMILES string of the molecule is Brc1cccc(-c2cccc(-c3nc(-c4ccccc4)nc(-c4ccc(C56CC7C8C[C@@H](C5)[C@@]7(C8)C6)cc4)n3)c2)c1. The van der Waals surface area contributed by atoms with Crippen LogP contribution in [0.25, 0.3) is 45.3 Å². The van der Waals surface area contributed by atoms with Gasteiger partial charge < -0.3 is 0 Å². The minimum absolute atomic E-state index is 0.408. The third-order valence-corrected chi connectivity index (χ3v) is 11.5. The monoisotopic (exact) mass is 595 g/mol. The van der Waals surface area contributed by atoms with Crippen molar-refractivity contribution in [1.29, 1.82) is 0 Å². The van der Waals surface area contributed by atoms with Crippen molar-refractivity contribution in [2.24, 2.45) is 23.2 Å². The molecule has 3 bridgehead atoms. The largest absolute Gasteiger partial charge is 0.208 e. The maximum atomic E-state index is 5.04. The molecule has 4 heteroatoms. The first kappa shape index (κ1) is 24.0. The Morgan fingerprint density at radius 3 is 1.93 bits per heavy atom. The number of hydrogen-bond acceptors (Lipinski definition) is 3. The summed E-state index contributed by atoms with van der Waals surface area (Å²) in [7, 11) is 0. The minimum atomic E-state index is 0.408. The Morgan fingerprint density at radius 1 is 0.585 bits per heavy atom. The number of benzene rings is 4. The lowest BCUT2D eigenvalue weighted by molar-refractivity contribution is 0.0381. The second-order valence-electron chi connectivity index (χ2n) is 12.9. The van der Waals surface area contributed by atoms with Gasteiger partial charge in [0.25, 0.3) is 0 Å². The van der Waals surface area contributed by atoms with Gasteiger partial charge in [0.15, 0.2) is 17.5 Å². The summed E-state index contributed by atoms with van der Waals surface area (Å²) >= 11 is 3.61. The van der Waals surface area contributed by atoms with Gasteiger partial charge in [0.1, 0.15) is 0 Å². The van der Waals surface area contributed by atoms with E-state index in [0.717, 1.165) is 55.9 Å². The van der Waals surface area contributed by atoms with Gasteiger partial charge in [0, 0.05) is 21.2 Å². The molecule has 1 spiro atoms. The topological polar surface area (TPSA) is 38.7 Å². The summed E-state index contributed by atoms with van der Waals surface area (Å²) in [6.45, 7) is 0. The molecule has 200 valence electrons. The molecular weight excluding hydrogens is 566 g/mol. The predicted octanol–water partition coefficient (Wildman–Crippen LogP) is 9.38. The summed E-state index contributed by atoms with van der Waals surface area (Å²) in [5, 5.41) is 0. The number of rotatable bonds is 5. The molecule has 0 saturated heterocycles. The average Bonchev–Trinajstić information content (AvgIpc) is 3.67. The molecule has 1 aromatic heterocycles. The van der Waals surface area contributed by atoms with E-state index in [1.165, 1.54) is 37.7 Å². The lowest BCUT2D eigenvalue weighted by Gasteiger charge is -2.45. The van der Waals surface area contributed by atoms with Crippen molar-refractivity contribution < 1.29 is 0 Å². The fourth-order valence-corrected chi connectivity index (χ4v) is 9.73. The fourth-order valence-electron chi connectivity index (χ4n) is 9.33. The van der Waals surface area contributed by atoms with Crippen LogP contribution in [0.15, 0.2) is 108 Å². The Kier molecular flexibility index (Phi) is 5.09. The zero-order valence-electron chi connectivity index (χ0n) is 22.8. The maximum Gasteiger partial charge on any atom is 0.164 e. The van der Waals surface area contributed by atoms with Crippen molar-refractivity contribution in [3.63, 3.8) is 0 Å². The Hall–Kier alpha value is -3.63. The Balaban J connectivity index is 1.11. The summed E-state index contributed by atoms with van der Waals surface area (Å²) in [6, 6.07) is 36.4. The van der Waals surface area contributed by atoms with Crippen molar-refractivity contribution in [3.8, 4) is 45.3 Å². The number of nitrogens with zero attached hydrogens (tertiary/aromatic N) is 3. The second-order valence-corrected chi connectivity index (χ2v) is 13.9. The van der Waals surface area contributed by atoms with Crippen LogP contribution in [0.3, 0.4) is 0 Å². The van der Waals surface area contributed by atoms with Gasteiger partial charge >= 0.3 is 0 Å².